The minimum absolute atomic E-state index is 0. The van der Waals surface area contributed by atoms with Gasteiger partial charge in [-0.2, -0.15) is 11.8 Å². The van der Waals surface area contributed by atoms with Gasteiger partial charge in [-0.3, -0.25) is 9.89 Å². The van der Waals surface area contributed by atoms with Crippen molar-refractivity contribution in [2.45, 2.75) is 63.2 Å². The first-order valence-corrected chi connectivity index (χ1v) is 11.6. The van der Waals surface area contributed by atoms with Gasteiger partial charge in [0.1, 0.15) is 0 Å². The van der Waals surface area contributed by atoms with Crippen LogP contribution in [0.3, 0.4) is 0 Å². The Morgan fingerprint density at radius 1 is 1.11 bits per heavy atom. The highest BCUT2D eigenvalue weighted by molar-refractivity contribution is 14.0. The molecule has 0 spiro atoms. The van der Waals surface area contributed by atoms with E-state index in [-0.39, 0.29) is 28.7 Å². The lowest BCUT2D eigenvalue weighted by atomic mass is 9.99. The molecule has 2 aliphatic rings. The molecule has 160 valence electrons. The molecule has 2 rings (SSSR count). The Hall–Kier alpha value is 0.270. The quantitative estimate of drug-likeness (QED) is 0.310. The second-order valence-electron chi connectivity index (χ2n) is 8.07. The van der Waals surface area contributed by atoms with E-state index >= 15 is 0 Å². The number of hydrogen-bond acceptors (Lipinski definition) is 4. The number of ether oxygens (including phenoxy) is 1. The van der Waals surface area contributed by atoms with E-state index < -0.39 is 0 Å². The zero-order chi connectivity index (χ0) is 18.8. The van der Waals surface area contributed by atoms with E-state index in [1.807, 2.05) is 18.8 Å². The third-order valence-corrected chi connectivity index (χ3v) is 7.42. The van der Waals surface area contributed by atoms with Crippen molar-refractivity contribution < 1.29 is 4.74 Å². The molecule has 2 aliphatic heterocycles. The highest BCUT2D eigenvalue weighted by Gasteiger charge is 2.32. The molecular weight excluding hydrogens is 471 g/mol. The van der Waals surface area contributed by atoms with Crippen molar-refractivity contribution in [3.05, 3.63) is 0 Å². The number of rotatable bonds is 7. The Labute approximate surface area is 188 Å². The van der Waals surface area contributed by atoms with Crippen LogP contribution >= 0.6 is 35.7 Å². The molecule has 0 aromatic carbocycles. The SMILES string of the molecule is CN=C(NCC(C(C)C)N1CCCCCC1)NCC1(SC)CCOCC1.I. The van der Waals surface area contributed by atoms with E-state index in [4.69, 9.17) is 4.74 Å². The molecule has 7 heteroatoms. The highest BCUT2D eigenvalue weighted by Crippen LogP contribution is 2.32. The lowest BCUT2D eigenvalue weighted by molar-refractivity contribution is 0.0782. The van der Waals surface area contributed by atoms with Crippen molar-refractivity contribution in [3.8, 4) is 0 Å². The van der Waals surface area contributed by atoms with Crippen LogP contribution in [0, 0.1) is 5.92 Å². The van der Waals surface area contributed by atoms with Gasteiger partial charge in [-0.05, 0) is 50.9 Å². The Morgan fingerprint density at radius 3 is 2.26 bits per heavy atom. The van der Waals surface area contributed by atoms with Gasteiger partial charge in [0.15, 0.2) is 5.96 Å². The van der Waals surface area contributed by atoms with Gasteiger partial charge in [0.2, 0.25) is 0 Å². The number of hydrogen-bond donors (Lipinski definition) is 2. The molecule has 5 nitrogen and oxygen atoms in total. The van der Waals surface area contributed by atoms with Gasteiger partial charge in [0, 0.05) is 44.1 Å². The summed E-state index contributed by atoms with van der Waals surface area (Å²) < 4.78 is 5.83. The lowest BCUT2D eigenvalue weighted by Crippen LogP contribution is -2.52. The van der Waals surface area contributed by atoms with Crippen LogP contribution < -0.4 is 10.6 Å². The van der Waals surface area contributed by atoms with Gasteiger partial charge in [-0.1, -0.05) is 26.7 Å². The number of thioether (sulfide) groups is 1. The van der Waals surface area contributed by atoms with Crippen molar-refractivity contribution in [2.24, 2.45) is 10.9 Å². The smallest absolute Gasteiger partial charge is 0.191 e. The summed E-state index contributed by atoms with van der Waals surface area (Å²) in [6, 6.07) is 0.573. The molecule has 0 bridgehead atoms. The predicted molar refractivity (Wildman–Crippen MR) is 130 cm³/mol. The maximum absolute atomic E-state index is 5.55. The Bertz CT molecular complexity index is 422. The van der Waals surface area contributed by atoms with Crippen molar-refractivity contribution in [3.63, 3.8) is 0 Å². The Kier molecular flexibility index (Phi) is 12.6. The molecule has 2 heterocycles. The molecule has 2 fully saturated rings. The average molecular weight is 513 g/mol. The van der Waals surface area contributed by atoms with E-state index in [9.17, 15) is 0 Å². The first-order valence-electron chi connectivity index (χ1n) is 10.4. The highest BCUT2D eigenvalue weighted by atomic mass is 127. The summed E-state index contributed by atoms with van der Waals surface area (Å²) in [6.45, 7) is 10.8. The van der Waals surface area contributed by atoms with Gasteiger partial charge in [0.25, 0.3) is 0 Å². The van der Waals surface area contributed by atoms with Crippen LogP contribution in [0.15, 0.2) is 4.99 Å². The summed E-state index contributed by atoms with van der Waals surface area (Å²) in [5.41, 5.74) is 0. The fraction of sp³-hybridized carbons (Fsp3) is 0.950. The minimum Gasteiger partial charge on any atom is -0.381 e. The van der Waals surface area contributed by atoms with Crippen molar-refractivity contribution >= 4 is 41.7 Å². The second kappa shape index (κ2) is 13.5. The largest absolute Gasteiger partial charge is 0.381 e. The molecule has 1 unspecified atom stereocenters. The van der Waals surface area contributed by atoms with Crippen LogP contribution in [-0.2, 0) is 4.74 Å². The number of nitrogens with one attached hydrogen (secondary N) is 2. The van der Waals surface area contributed by atoms with E-state index in [1.54, 1.807) is 0 Å². The summed E-state index contributed by atoms with van der Waals surface area (Å²) >= 11 is 1.97. The van der Waals surface area contributed by atoms with Gasteiger partial charge in [0.05, 0.1) is 0 Å². The lowest BCUT2D eigenvalue weighted by Gasteiger charge is -2.37. The summed E-state index contributed by atoms with van der Waals surface area (Å²) in [7, 11) is 1.88. The summed E-state index contributed by atoms with van der Waals surface area (Å²) in [5, 5.41) is 7.19. The number of halogens is 1. The molecule has 2 N–H and O–H groups in total. The molecule has 0 aromatic heterocycles. The third kappa shape index (κ3) is 8.26. The van der Waals surface area contributed by atoms with E-state index in [1.165, 1.54) is 38.8 Å². The molecule has 0 saturated carbocycles. The van der Waals surface area contributed by atoms with E-state index in [0.29, 0.717) is 12.0 Å². The van der Waals surface area contributed by atoms with E-state index in [0.717, 1.165) is 45.1 Å². The van der Waals surface area contributed by atoms with Gasteiger partial charge >= 0.3 is 0 Å². The second-order valence-corrected chi connectivity index (χ2v) is 9.34. The summed E-state index contributed by atoms with van der Waals surface area (Å²) in [4.78, 5) is 7.16. The molecule has 0 radical (unpaired) electrons. The van der Waals surface area contributed by atoms with Crippen molar-refractivity contribution in [1.29, 1.82) is 0 Å². The molecular formula is C20H41IN4OS. The topological polar surface area (TPSA) is 48.9 Å². The summed E-state index contributed by atoms with van der Waals surface area (Å²) in [5.74, 6) is 1.58. The maximum atomic E-state index is 5.55. The maximum Gasteiger partial charge on any atom is 0.191 e. The molecule has 2 saturated heterocycles. The number of guanidine groups is 1. The standard InChI is InChI=1S/C20H40N4OS.HI/c1-17(2)18(24-11-7-5-6-8-12-24)15-22-19(21-3)23-16-20(26-4)9-13-25-14-10-20;/h17-18H,5-16H2,1-4H3,(H2,21,22,23);1H. The van der Waals surface area contributed by atoms with Crippen molar-refractivity contribution in [1.82, 2.24) is 15.5 Å². The number of likely N-dealkylation sites (tertiary alicyclic amines) is 1. The predicted octanol–water partition coefficient (Wildman–Crippen LogP) is 3.58. The fourth-order valence-corrected chi connectivity index (χ4v) is 4.87. The van der Waals surface area contributed by atoms with Crippen LogP contribution in [0.25, 0.3) is 0 Å². The zero-order valence-corrected chi connectivity index (χ0v) is 20.9. The summed E-state index contributed by atoms with van der Waals surface area (Å²) in [6.07, 6.45) is 9.90. The first-order chi connectivity index (χ1) is 12.6. The molecule has 1 atom stereocenters. The molecule has 0 amide bonds. The average Bonchev–Trinajstić information content (AvgIpc) is 2.94. The third-order valence-electron chi connectivity index (χ3n) is 6.00. The van der Waals surface area contributed by atoms with Crippen LogP contribution in [-0.4, -0.2) is 74.3 Å². The Morgan fingerprint density at radius 2 is 1.74 bits per heavy atom. The fourth-order valence-electron chi connectivity index (χ4n) is 4.08. The van der Waals surface area contributed by atoms with Crippen LogP contribution in [0.2, 0.25) is 0 Å². The van der Waals surface area contributed by atoms with Gasteiger partial charge in [-0.25, -0.2) is 0 Å². The zero-order valence-electron chi connectivity index (χ0n) is 17.8. The molecule has 27 heavy (non-hydrogen) atoms. The van der Waals surface area contributed by atoms with Crippen LogP contribution in [0.4, 0.5) is 0 Å². The van der Waals surface area contributed by atoms with Crippen LogP contribution in [0.5, 0.6) is 0 Å². The van der Waals surface area contributed by atoms with E-state index in [2.05, 4.69) is 40.6 Å². The van der Waals surface area contributed by atoms with Crippen LogP contribution in [0.1, 0.15) is 52.4 Å². The monoisotopic (exact) mass is 512 g/mol. The van der Waals surface area contributed by atoms with Gasteiger partial charge < -0.3 is 15.4 Å². The molecule has 0 aromatic rings. The first kappa shape index (κ1) is 25.3. The number of aliphatic imine (C=N–C) groups is 1. The molecule has 0 aliphatic carbocycles. The minimum atomic E-state index is 0. The normalized spacial score (nSPS) is 22.6. The Balaban J connectivity index is 0.00000364. The van der Waals surface area contributed by atoms with Gasteiger partial charge in [-0.15, -0.1) is 24.0 Å². The number of nitrogens with zero attached hydrogens (tertiary/aromatic N) is 2. The van der Waals surface area contributed by atoms with Crippen molar-refractivity contribution in [2.75, 3.05) is 52.7 Å².